The summed E-state index contributed by atoms with van der Waals surface area (Å²) in [6, 6.07) is 15.6. The molecule has 0 aromatic heterocycles. The second kappa shape index (κ2) is 15.1. The van der Waals surface area contributed by atoms with Crippen molar-refractivity contribution in [1.29, 1.82) is 0 Å². The number of halogens is 6. The zero-order valence-electron chi connectivity index (χ0n) is 23.4. The van der Waals surface area contributed by atoms with Crippen molar-refractivity contribution in [3.05, 3.63) is 101 Å². The van der Waals surface area contributed by atoms with Gasteiger partial charge >= 0.3 is 12.3 Å². The van der Waals surface area contributed by atoms with Crippen LogP contribution in [0.1, 0.15) is 35.4 Å². The van der Waals surface area contributed by atoms with Gasteiger partial charge in [-0.2, -0.15) is 13.2 Å². The first-order valence-corrected chi connectivity index (χ1v) is 13.9. The lowest BCUT2D eigenvalue weighted by Crippen LogP contribution is -2.47. The Balaban J connectivity index is 1.36. The summed E-state index contributed by atoms with van der Waals surface area (Å²) in [4.78, 5) is 24.7. The van der Waals surface area contributed by atoms with Gasteiger partial charge in [-0.25, -0.2) is 18.0 Å². The number of alkyl halides is 3. The fraction of sp³-hybridized carbons (Fsp3) is 0.355. The predicted molar refractivity (Wildman–Crippen MR) is 150 cm³/mol. The van der Waals surface area contributed by atoms with Crippen LogP contribution in [0.3, 0.4) is 0 Å². The van der Waals surface area contributed by atoms with Crippen molar-refractivity contribution in [2.45, 2.75) is 43.6 Å². The van der Waals surface area contributed by atoms with E-state index < -0.39 is 60.3 Å². The van der Waals surface area contributed by atoms with Gasteiger partial charge in [0.05, 0.1) is 6.10 Å². The molecule has 1 aliphatic rings. The molecule has 7 nitrogen and oxygen atoms in total. The van der Waals surface area contributed by atoms with Crippen LogP contribution in [0.2, 0.25) is 0 Å². The third kappa shape index (κ3) is 9.98. The number of carbonyl (C=O) groups excluding carboxylic acids is 2. The van der Waals surface area contributed by atoms with Gasteiger partial charge in [0, 0.05) is 36.7 Å². The van der Waals surface area contributed by atoms with Crippen LogP contribution in [-0.4, -0.2) is 56.6 Å². The fourth-order valence-corrected chi connectivity index (χ4v) is 4.87. The molecule has 0 unspecified atom stereocenters. The first-order chi connectivity index (χ1) is 21.0. The highest BCUT2D eigenvalue weighted by atomic mass is 19.4. The van der Waals surface area contributed by atoms with Crippen LogP contribution in [0.15, 0.2) is 66.7 Å². The van der Waals surface area contributed by atoms with Gasteiger partial charge in [0.1, 0.15) is 36.7 Å². The highest BCUT2D eigenvalue weighted by Gasteiger charge is 2.29. The molecule has 1 fully saturated rings. The summed E-state index contributed by atoms with van der Waals surface area (Å²) in [6.07, 6.45) is -6.43. The third-order valence-corrected chi connectivity index (χ3v) is 7.01. The smallest absolute Gasteiger partial charge is 0.407 e. The molecule has 2 atom stereocenters. The van der Waals surface area contributed by atoms with Crippen molar-refractivity contribution in [1.82, 2.24) is 10.6 Å². The van der Waals surface area contributed by atoms with Crippen molar-refractivity contribution < 1.29 is 45.4 Å². The Morgan fingerprint density at radius 1 is 0.909 bits per heavy atom. The normalized spacial score (nSPS) is 16.9. The van der Waals surface area contributed by atoms with Crippen LogP contribution in [0, 0.1) is 17.5 Å². The maximum atomic E-state index is 14.9. The van der Waals surface area contributed by atoms with Gasteiger partial charge in [-0.15, -0.1) is 0 Å². The minimum absolute atomic E-state index is 0.0822. The number of hydrogen-bond acceptors (Lipinski definition) is 5. The summed E-state index contributed by atoms with van der Waals surface area (Å²) in [7, 11) is 0. The van der Waals surface area contributed by atoms with Crippen LogP contribution in [-0.2, 0) is 20.7 Å². The zero-order chi connectivity index (χ0) is 31.7. The molecule has 1 aliphatic heterocycles. The van der Waals surface area contributed by atoms with E-state index in [1.165, 1.54) is 36.4 Å². The van der Waals surface area contributed by atoms with Crippen LogP contribution >= 0.6 is 0 Å². The number of rotatable bonds is 11. The van der Waals surface area contributed by atoms with E-state index in [1.807, 2.05) is 0 Å². The molecule has 0 spiro atoms. The Hall–Kier alpha value is -4.10. The van der Waals surface area contributed by atoms with Crippen LogP contribution in [0.5, 0.6) is 0 Å². The molecule has 0 saturated carbocycles. The number of amides is 2. The molecule has 4 rings (SSSR count). The molecule has 13 heteroatoms. The summed E-state index contributed by atoms with van der Waals surface area (Å²) >= 11 is 0. The Labute approximate surface area is 249 Å². The number of alkyl carbamates (subject to hydrolysis) is 1. The number of nitrogens with one attached hydrogen (secondary N) is 3. The van der Waals surface area contributed by atoms with Crippen molar-refractivity contribution in [3.8, 4) is 0 Å². The summed E-state index contributed by atoms with van der Waals surface area (Å²) in [5.41, 5.74) is 1.79. The molecular weight excluding hydrogens is 592 g/mol. The predicted octanol–water partition coefficient (Wildman–Crippen LogP) is 5.84. The van der Waals surface area contributed by atoms with E-state index >= 15 is 0 Å². The lowest BCUT2D eigenvalue weighted by Gasteiger charge is -2.31. The number of benzene rings is 3. The molecule has 3 aromatic carbocycles. The summed E-state index contributed by atoms with van der Waals surface area (Å²) in [5.74, 6) is -2.39. The molecule has 0 aliphatic carbocycles. The van der Waals surface area contributed by atoms with Gasteiger partial charge in [-0.3, -0.25) is 4.79 Å². The number of morpholine rings is 1. The summed E-state index contributed by atoms with van der Waals surface area (Å²) < 4.78 is 89.5. The van der Waals surface area contributed by atoms with E-state index in [9.17, 15) is 35.9 Å². The fourth-order valence-electron chi connectivity index (χ4n) is 4.87. The lowest BCUT2D eigenvalue weighted by atomic mass is 9.88. The van der Waals surface area contributed by atoms with Crippen molar-refractivity contribution in [3.63, 3.8) is 0 Å². The van der Waals surface area contributed by atoms with Gasteiger partial charge < -0.3 is 25.4 Å². The second-order valence-electron chi connectivity index (χ2n) is 10.3. The molecule has 3 N–H and O–H groups in total. The molecule has 0 radical (unpaired) electrons. The monoisotopic (exact) mass is 623 g/mol. The minimum Gasteiger partial charge on any atom is -0.447 e. The van der Waals surface area contributed by atoms with E-state index in [0.29, 0.717) is 30.6 Å². The molecule has 3 aromatic rings. The van der Waals surface area contributed by atoms with Crippen molar-refractivity contribution in [2.24, 2.45) is 0 Å². The quantitative estimate of drug-likeness (QED) is 0.234. The summed E-state index contributed by atoms with van der Waals surface area (Å²) in [6.45, 7) is -1.09. The van der Waals surface area contributed by atoms with Gasteiger partial charge in [-0.1, -0.05) is 30.3 Å². The van der Waals surface area contributed by atoms with E-state index in [2.05, 4.69) is 10.6 Å². The van der Waals surface area contributed by atoms with E-state index in [1.54, 1.807) is 35.6 Å². The molecule has 2 amide bonds. The molecule has 0 bridgehead atoms. The van der Waals surface area contributed by atoms with Crippen molar-refractivity contribution >= 4 is 17.7 Å². The van der Waals surface area contributed by atoms with E-state index in [-0.39, 0.29) is 30.7 Å². The minimum atomic E-state index is -4.56. The highest BCUT2D eigenvalue weighted by molar-refractivity contribution is 5.92. The highest BCUT2D eigenvalue weighted by Crippen LogP contribution is 2.30. The largest absolute Gasteiger partial charge is 0.447 e. The van der Waals surface area contributed by atoms with Crippen LogP contribution in [0.25, 0.3) is 0 Å². The van der Waals surface area contributed by atoms with Crippen LogP contribution in [0.4, 0.5) is 36.8 Å². The maximum absolute atomic E-state index is 14.9. The molecule has 1 heterocycles. The van der Waals surface area contributed by atoms with E-state index in [0.717, 1.165) is 0 Å². The number of carbonyl (C=O) groups is 2. The average Bonchev–Trinajstić information content (AvgIpc) is 2.98. The van der Waals surface area contributed by atoms with E-state index in [4.69, 9.17) is 9.47 Å². The Bertz CT molecular complexity index is 1360. The van der Waals surface area contributed by atoms with Gasteiger partial charge in [-0.05, 0) is 60.4 Å². The molecule has 236 valence electrons. The first-order valence-electron chi connectivity index (χ1n) is 13.9. The lowest BCUT2D eigenvalue weighted by molar-refractivity contribution is -0.124. The third-order valence-electron chi connectivity index (χ3n) is 7.01. The van der Waals surface area contributed by atoms with Crippen LogP contribution < -0.4 is 16.0 Å². The second-order valence-corrected chi connectivity index (χ2v) is 10.3. The zero-order valence-corrected chi connectivity index (χ0v) is 23.4. The van der Waals surface area contributed by atoms with Crippen molar-refractivity contribution in [2.75, 3.05) is 31.6 Å². The number of ether oxygens (including phenoxy) is 2. The SMILES string of the molecule is O=C(CC(c1ccc(F)cc1)c1ccc(F)cc1)Nc1cccc(F)c1CC[C@@H]1CNC[C@@H](COC(=O)NCC(F)(F)F)O1. The standard InChI is InChI=1S/C31H31F6N3O4/c32-21-8-4-19(5-9-21)26(20-6-10-22(33)11-7-20)14-29(41)40-28-3-1-2-27(34)25(28)13-12-23-15-38-16-24(44-23)17-43-30(42)39-18-31(35,36)37/h1-11,23-24,26,38H,12-18H2,(H,39,42)(H,40,41)/t23-,24+/m1/s1. The first kappa shape index (κ1) is 32.8. The number of anilines is 1. The Morgan fingerprint density at radius 3 is 2.14 bits per heavy atom. The molecule has 44 heavy (non-hydrogen) atoms. The van der Waals surface area contributed by atoms with Gasteiger partial charge in [0.25, 0.3) is 0 Å². The Morgan fingerprint density at radius 2 is 1.52 bits per heavy atom. The molecule has 1 saturated heterocycles. The molecular formula is C31H31F6N3O4. The van der Waals surface area contributed by atoms with Gasteiger partial charge in [0.15, 0.2) is 0 Å². The topological polar surface area (TPSA) is 88.7 Å². The summed E-state index contributed by atoms with van der Waals surface area (Å²) in [5, 5.41) is 7.48. The number of hydrogen-bond donors (Lipinski definition) is 3. The van der Waals surface area contributed by atoms with Gasteiger partial charge in [0.2, 0.25) is 5.91 Å². The Kier molecular flexibility index (Phi) is 11.2. The average molecular weight is 624 g/mol. The maximum Gasteiger partial charge on any atom is 0.407 e.